The minimum absolute atomic E-state index is 0.0206. The standard InChI is InChI=1S/C14H20Cl2N2O2S/c1-9-3-4-12(5-9)18-21(19,20)13-7-11(15)6-10(8-17-2)14(13)16/h6-7,9,12,17-18H,3-5,8H2,1-2H3. The van der Waals surface area contributed by atoms with Crippen LogP contribution in [0.3, 0.4) is 0 Å². The third-order valence-corrected chi connectivity index (χ3v) is 6.07. The lowest BCUT2D eigenvalue weighted by atomic mass is 10.1. The molecular formula is C14H20Cl2N2O2S. The Hall–Kier alpha value is -0.330. The van der Waals surface area contributed by atoms with Gasteiger partial charge in [0.15, 0.2) is 0 Å². The third kappa shape index (κ3) is 4.11. The van der Waals surface area contributed by atoms with Crippen LogP contribution in [-0.4, -0.2) is 21.5 Å². The van der Waals surface area contributed by atoms with Crippen LogP contribution in [0.2, 0.25) is 10.0 Å². The maximum absolute atomic E-state index is 12.5. The fourth-order valence-electron chi connectivity index (χ4n) is 2.73. The number of halogens is 2. The molecule has 2 N–H and O–H groups in total. The van der Waals surface area contributed by atoms with E-state index in [4.69, 9.17) is 23.2 Å². The Morgan fingerprint density at radius 2 is 2.00 bits per heavy atom. The van der Waals surface area contributed by atoms with Crippen molar-refractivity contribution in [2.75, 3.05) is 7.05 Å². The van der Waals surface area contributed by atoms with Crippen LogP contribution in [0, 0.1) is 5.92 Å². The Bertz CT molecular complexity index is 620. The van der Waals surface area contributed by atoms with Gasteiger partial charge in [-0.25, -0.2) is 13.1 Å². The Balaban J connectivity index is 2.31. The van der Waals surface area contributed by atoms with Gasteiger partial charge in [-0.2, -0.15) is 0 Å². The minimum Gasteiger partial charge on any atom is -0.316 e. The number of hydrogen-bond acceptors (Lipinski definition) is 3. The Kier molecular flexibility index (Phi) is 5.54. The normalized spacial score (nSPS) is 22.7. The molecule has 0 spiro atoms. The highest BCUT2D eigenvalue weighted by Crippen LogP contribution is 2.31. The van der Waals surface area contributed by atoms with Gasteiger partial charge in [-0.1, -0.05) is 30.1 Å². The lowest BCUT2D eigenvalue weighted by Gasteiger charge is -2.16. The number of rotatable bonds is 5. The summed E-state index contributed by atoms with van der Waals surface area (Å²) in [6.45, 7) is 2.59. The van der Waals surface area contributed by atoms with Gasteiger partial charge in [0.1, 0.15) is 4.90 Å². The van der Waals surface area contributed by atoms with Crippen LogP contribution in [0.1, 0.15) is 31.7 Å². The second-order valence-electron chi connectivity index (χ2n) is 5.64. The average Bonchev–Trinajstić information content (AvgIpc) is 2.78. The van der Waals surface area contributed by atoms with Crippen LogP contribution in [0.4, 0.5) is 0 Å². The van der Waals surface area contributed by atoms with Crippen LogP contribution < -0.4 is 10.0 Å². The van der Waals surface area contributed by atoms with Crippen molar-refractivity contribution in [3.8, 4) is 0 Å². The molecule has 0 heterocycles. The molecule has 0 saturated heterocycles. The molecule has 4 nitrogen and oxygen atoms in total. The van der Waals surface area contributed by atoms with Gasteiger partial charge < -0.3 is 5.32 Å². The van der Waals surface area contributed by atoms with Gasteiger partial charge >= 0.3 is 0 Å². The molecule has 2 atom stereocenters. The Morgan fingerprint density at radius 1 is 1.29 bits per heavy atom. The average molecular weight is 351 g/mol. The van der Waals surface area contributed by atoms with E-state index in [1.54, 1.807) is 13.1 Å². The smallest absolute Gasteiger partial charge is 0.242 e. The second-order valence-corrected chi connectivity index (χ2v) is 8.14. The van der Waals surface area contributed by atoms with E-state index in [0.717, 1.165) is 19.3 Å². The van der Waals surface area contributed by atoms with Gasteiger partial charge in [-0.15, -0.1) is 0 Å². The van der Waals surface area contributed by atoms with Gasteiger partial charge in [0.2, 0.25) is 10.0 Å². The monoisotopic (exact) mass is 350 g/mol. The zero-order valence-electron chi connectivity index (χ0n) is 12.1. The molecule has 21 heavy (non-hydrogen) atoms. The Morgan fingerprint density at radius 3 is 2.57 bits per heavy atom. The summed E-state index contributed by atoms with van der Waals surface area (Å²) in [4.78, 5) is 0.0569. The molecule has 1 aromatic rings. The van der Waals surface area contributed by atoms with Gasteiger partial charge in [0.05, 0.1) is 5.02 Å². The van der Waals surface area contributed by atoms with Gasteiger partial charge in [0.25, 0.3) is 0 Å². The van der Waals surface area contributed by atoms with Crippen molar-refractivity contribution in [3.63, 3.8) is 0 Å². The van der Waals surface area contributed by atoms with E-state index in [1.807, 2.05) is 0 Å². The van der Waals surface area contributed by atoms with Gasteiger partial charge in [0, 0.05) is 17.6 Å². The first kappa shape index (κ1) is 17.0. The van der Waals surface area contributed by atoms with Crippen molar-refractivity contribution in [1.29, 1.82) is 0 Å². The summed E-state index contributed by atoms with van der Waals surface area (Å²) >= 11 is 12.3. The van der Waals surface area contributed by atoms with E-state index in [9.17, 15) is 8.42 Å². The first-order valence-electron chi connectivity index (χ1n) is 6.98. The summed E-state index contributed by atoms with van der Waals surface area (Å²) in [5, 5.41) is 3.55. The molecule has 7 heteroatoms. The van der Waals surface area contributed by atoms with E-state index in [2.05, 4.69) is 17.0 Å². The Labute approximate surface area is 136 Å². The summed E-state index contributed by atoms with van der Waals surface area (Å²) in [5.41, 5.74) is 0.673. The second kappa shape index (κ2) is 6.84. The first-order chi connectivity index (χ1) is 9.83. The molecule has 1 fully saturated rings. The molecule has 1 saturated carbocycles. The van der Waals surface area contributed by atoms with Crippen LogP contribution >= 0.6 is 23.2 Å². The molecule has 1 aliphatic carbocycles. The molecular weight excluding hydrogens is 331 g/mol. The molecule has 2 rings (SSSR count). The quantitative estimate of drug-likeness (QED) is 0.857. The zero-order valence-corrected chi connectivity index (χ0v) is 14.4. The topological polar surface area (TPSA) is 58.2 Å². The summed E-state index contributed by atoms with van der Waals surface area (Å²) in [6, 6.07) is 3.06. The van der Waals surface area contributed by atoms with E-state index < -0.39 is 10.0 Å². The molecule has 0 aromatic heterocycles. The maximum Gasteiger partial charge on any atom is 0.242 e. The fraction of sp³-hybridized carbons (Fsp3) is 0.571. The molecule has 2 unspecified atom stereocenters. The summed E-state index contributed by atoms with van der Waals surface area (Å²) in [6.07, 6.45) is 2.77. The molecule has 118 valence electrons. The summed E-state index contributed by atoms with van der Waals surface area (Å²) < 4.78 is 27.8. The van der Waals surface area contributed by atoms with E-state index in [-0.39, 0.29) is 16.0 Å². The largest absolute Gasteiger partial charge is 0.316 e. The van der Waals surface area contributed by atoms with E-state index in [1.165, 1.54) is 6.07 Å². The minimum atomic E-state index is -3.66. The van der Waals surface area contributed by atoms with E-state index >= 15 is 0 Å². The van der Waals surface area contributed by atoms with Gasteiger partial charge in [-0.05, 0) is 49.9 Å². The molecule has 0 amide bonds. The lowest BCUT2D eigenvalue weighted by Crippen LogP contribution is -2.33. The highest BCUT2D eigenvalue weighted by Gasteiger charge is 2.28. The number of benzene rings is 1. The number of sulfonamides is 1. The van der Waals surface area contributed by atoms with Crippen LogP contribution in [-0.2, 0) is 16.6 Å². The first-order valence-corrected chi connectivity index (χ1v) is 9.22. The van der Waals surface area contributed by atoms with Crippen molar-refractivity contribution in [3.05, 3.63) is 27.7 Å². The predicted octanol–water partition coefficient (Wildman–Crippen LogP) is 3.18. The van der Waals surface area contributed by atoms with Crippen molar-refractivity contribution in [1.82, 2.24) is 10.0 Å². The number of hydrogen-bond donors (Lipinski definition) is 2. The molecule has 1 aromatic carbocycles. The van der Waals surface area contributed by atoms with E-state index in [0.29, 0.717) is 23.0 Å². The summed E-state index contributed by atoms with van der Waals surface area (Å²) in [5.74, 6) is 0.549. The van der Waals surface area contributed by atoms with Crippen molar-refractivity contribution in [2.24, 2.45) is 5.92 Å². The van der Waals surface area contributed by atoms with Crippen molar-refractivity contribution in [2.45, 2.75) is 43.7 Å². The van der Waals surface area contributed by atoms with Crippen molar-refractivity contribution < 1.29 is 8.42 Å². The van der Waals surface area contributed by atoms with Crippen LogP contribution in [0.5, 0.6) is 0 Å². The molecule has 0 aliphatic heterocycles. The maximum atomic E-state index is 12.5. The predicted molar refractivity (Wildman–Crippen MR) is 86.4 cm³/mol. The van der Waals surface area contributed by atoms with Crippen molar-refractivity contribution >= 4 is 33.2 Å². The lowest BCUT2D eigenvalue weighted by molar-refractivity contribution is 0.538. The SMILES string of the molecule is CNCc1cc(Cl)cc(S(=O)(=O)NC2CCC(C)C2)c1Cl. The summed E-state index contributed by atoms with van der Waals surface area (Å²) in [7, 11) is -1.89. The molecule has 0 bridgehead atoms. The van der Waals surface area contributed by atoms with Gasteiger partial charge in [-0.3, -0.25) is 0 Å². The fourth-order valence-corrected chi connectivity index (χ4v) is 4.95. The highest BCUT2D eigenvalue weighted by molar-refractivity contribution is 7.89. The third-order valence-electron chi connectivity index (χ3n) is 3.75. The molecule has 1 aliphatic rings. The highest BCUT2D eigenvalue weighted by atomic mass is 35.5. The zero-order chi connectivity index (χ0) is 15.6. The number of nitrogens with one attached hydrogen (secondary N) is 2. The molecule has 0 radical (unpaired) electrons. The van der Waals surface area contributed by atoms with Crippen LogP contribution in [0.15, 0.2) is 17.0 Å². The van der Waals surface area contributed by atoms with Crippen LogP contribution in [0.25, 0.3) is 0 Å².